The van der Waals surface area contributed by atoms with E-state index in [2.05, 4.69) is 12.6 Å². The second kappa shape index (κ2) is 2.64. The Balaban J connectivity index is 2.87. The van der Waals surface area contributed by atoms with Gasteiger partial charge in [0.25, 0.3) is 0 Å². The molecule has 0 aliphatic rings. The fourth-order valence-electron chi connectivity index (χ4n) is 1.08. The summed E-state index contributed by atoms with van der Waals surface area (Å²) >= 11 is 5.20. The summed E-state index contributed by atoms with van der Waals surface area (Å²) in [5, 5.41) is 0.458. The molecule has 0 radical (unpaired) electrons. The van der Waals surface area contributed by atoms with Crippen molar-refractivity contribution in [2.75, 3.05) is 5.73 Å². The molecule has 2 aromatic rings. The lowest BCUT2D eigenvalue weighted by Gasteiger charge is -1.91. The van der Waals surface area contributed by atoms with E-state index < -0.39 is 0 Å². The first kappa shape index (κ1) is 7.89. The van der Waals surface area contributed by atoms with Crippen molar-refractivity contribution < 1.29 is 4.39 Å². The molecule has 0 aliphatic carbocycles. The van der Waals surface area contributed by atoms with Crippen LogP contribution < -0.4 is 5.73 Å². The molecule has 62 valence electrons. The minimum atomic E-state index is -0.316. The zero-order valence-electron chi connectivity index (χ0n) is 6.04. The zero-order chi connectivity index (χ0) is 8.72. The van der Waals surface area contributed by atoms with Gasteiger partial charge < -0.3 is 5.73 Å². The minimum Gasteiger partial charge on any atom is -0.395 e. The Morgan fingerprint density at radius 2 is 2.17 bits per heavy atom. The topological polar surface area (TPSA) is 26.0 Å². The number of nitrogen functional groups attached to an aromatic ring is 1. The Labute approximate surface area is 78.4 Å². The molecule has 0 fully saturated rings. The summed E-state index contributed by atoms with van der Waals surface area (Å²) in [6.45, 7) is 0. The SMILES string of the molecule is Nc1c(F)sc2cc(S)ccc12. The molecule has 2 N–H and O–H groups in total. The van der Waals surface area contributed by atoms with Gasteiger partial charge in [-0.3, -0.25) is 0 Å². The maximum Gasteiger partial charge on any atom is 0.200 e. The molecule has 0 saturated carbocycles. The van der Waals surface area contributed by atoms with Crippen molar-refractivity contribution in [2.45, 2.75) is 4.90 Å². The predicted octanol–water partition coefficient (Wildman–Crippen LogP) is 2.91. The Hall–Kier alpha value is -0.740. The second-order valence-electron chi connectivity index (χ2n) is 2.47. The molecule has 0 atom stereocenters. The Kier molecular flexibility index (Phi) is 1.73. The smallest absolute Gasteiger partial charge is 0.200 e. The summed E-state index contributed by atoms with van der Waals surface area (Å²) in [7, 11) is 0. The van der Waals surface area contributed by atoms with Gasteiger partial charge in [0, 0.05) is 15.0 Å². The molecule has 1 aromatic heterocycles. The fraction of sp³-hybridized carbons (Fsp3) is 0. The molecule has 1 nitrogen and oxygen atoms in total. The second-order valence-corrected chi connectivity index (χ2v) is 3.99. The van der Waals surface area contributed by atoms with Crippen LogP contribution in [-0.2, 0) is 0 Å². The van der Waals surface area contributed by atoms with Crippen LogP contribution in [0.3, 0.4) is 0 Å². The average molecular weight is 199 g/mol. The van der Waals surface area contributed by atoms with E-state index in [-0.39, 0.29) is 10.8 Å². The lowest BCUT2D eigenvalue weighted by atomic mass is 10.2. The Morgan fingerprint density at radius 1 is 1.42 bits per heavy atom. The quantitative estimate of drug-likeness (QED) is 0.627. The van der Waals surface area contributed by atoms with Gasteiger partial charge in [-0.1, -0.05) is 6.07 Å². The standard InChI is InChI=1S/C8H6FNS2/c9-8-7(10)5-2-1-4(11)3-6(5)12-8/h1-3,11H,10H2. The van der Waals surface area contributed by atoms with E-state index in [0.29, 0.717) is 0 Å². The number of benzene rings is 1. The monoisotopic (exact) mass is 199 g/mol. The maximum absolute atomic E-state index is 12.9. The number of nitrogens with two attached hydrogens (primary N) is 1. The largest absolute Gasteiger partial charge is 0.395 e. The average Bonchev–Trinajstić information content (AvgIpc) is 2.28. The minimum absolute atomic E-state index is 0.239. The first-order valence-corrected chi connectivity index (χ1v) is 4.61. The van der Waals surface area contributed by atoms with E-state index in [1.54, 1.807) is 12.1 Å². The molecule has 12 heavy (non-hydrogen) atoms. The maximum atomic E-state index is 12.9. The molecule has 0 amide bonds. The van der Waals surface area contributed by atoms with Crippen molar-refractivity contribution in [2.24, 2.45) is 0 Å². The lowest BCUT2D eigenvalue weighted by Crippen LogP contribution is -1.83. The first-order valence-electron chi connectivity index (χ1n) is 3.35. The van der Waals surface area contributed by atoms with E-state index in [9.17, 15) is 4.39 Å². The number of rotatable bonds is 0. The third kappa shape index (κ3) is 1.07. The number of thiol groups is 1. The van der Waals surface area contributed by atoms with Gasteiger partial charge in [-0.2, -0.15) is 4.39 Å². The third-order valence-electron chi connectivity index (χ3n) is 1.67. The highest BCUT2D eigenvalue weighted by Gasteiger charge is 2.07. The highest BCUT2D eigenvalue weighted by Crippen LogP contribution is 2.33. The molecule has 1 aromatic carbocycles. The van der Waals surface area contributed by atoms with Crippen LogP contribution in [-0.4, -0.2) is 0 Å². The number of hydrogen-bond donors (Lipinski definition) is 2. The Morgan fingerprint density at radius 3 is 2.92 bits per heavy atom. The van der Waals surface area contributed by atoms with E-state index in [1.807, 2.05) is 6.07 Å². The van der Waals surface area contributed by atoms with Gasteiger partial charge in [-0.15, -0.1) is 24.0 Å². The number of hydrogen-bond acceptors (Lipinski definition) is 3. The Bertz CT molecular complexity index is 436. The molecule has 0 aliphatic heterocycles. The highest BCUT2D eigenvalue weighted by molar-refractivity contribution is 7.80. The molecular formula is C8H6FNS2. The fourth-order valence-corrected chi connectivity index (χ4v) is 2.25. The van der Waals surface area contributed by atoms with Gasteiger partial charge in [-0.05, 0) is 12.1 Å². The van der Waals surface area contributed by atoms with Crippen LogP contribution in [0.15, 0.2) is 23.1 Å². The molecule has 0 bridgehead atoms. The van der Waals surface area contributed by atoms with Crippen molar-refractivity contribution in [1.82, 2.24) is 0 Å². The summed E-state index contributed by atoms with van der Waals surface area (Å²) in [5.41, 5.74) is 5.74. The molecule has 0 saturated heterocycles. The van der Waals surface area contributed by atoms with Crippen LogP contribution >= 0.6 is 24.0 Å². The van der Waals surface area contributed by atoms with E-state index >= 15 is 0 Å². The van der Waals surface area contributed by atoms with Gasteiger partial charge in [-0.25, -0.2) is 0 Å². The normalized spacial score (nSPS) is 10.8. The zero-order valence-corrected chi connectivity index (χ0v) is 7.75. The van der Waals surface area contributed by atoms with Crippen molar-refractivity contribution in [1.29, 1.82) is 0 Å². The third-order valence-corrected chi connectivity index (χ3v) is 2.90. The molecule has 2 rings (SSSR count). The number of halogens is 1. The van der Waals surface area contributed by atoms with Crippen LogP contribution in [0, 0.1) is 5.13 Å². The summed E-state index contributed by atoms with van der Waals surface area (Å²) in [4.78, 5) is 0.823. The van der Waals surface area contributed by atoms with E-state index in [1.165, 1.54) is 0 Å². The molecule has 4 heteroatoms. The van der Waals surface area contributed by atoms with Crippen molar-refractivity contribution in [3.63, 3.8) is 0 Å². The number of thiophene rings is 1. The van der Waals surface area contributed by atoms with Crippen LogP contribution in [0.1, 0.15) is 0 Å². The molecular weight excluding hydrogens is 193 g/mol. The van der Waals surface area contributed by atoms with Crippen LogP contribution in [0.2, 0.25) is 0 Å². The van der Waals surface area contributed by atoms with Crippen molar-refractivity contribution in [3.8, 4) is 0 Å². The van der Waals surface area contributed by atoms with Gasteiger partial charge in [0.15, 0.2) is 0 Å². The summed E-state index contributed by atoms with van der Waals surface area (Å²) in [6.07, 6.45) is 0. The summed E-state index contributed by atoms with van der Waals surface area (Å²) in [5.74, 6) is 0. The molecule has 0 spiro atoms. The molecule has 1 heterocycles. The van der Waals surface area contributed by atoms with Crippen LogP contribution in [0.5, 0.6) is 0 Å². The van der Waals surface area contributed by atoms with Crippen LogP contribution in [0.4, 0.5) is 10.1 Å². The van der Waals surface area contributed by atoms with Gasteiger partial charge in [0.1, 0.15) is 0 Å². The summed E-state index contributed by atoms with van der Waals surface area (Å²) < 4.78 is 13.8. The van der Waals surface area contributed by atoms with E-state index in [4.69, 9.17) is 5.73 Å². The van der Waals surface area contributed by atoms with E-state index in [0.717, 1.165) is 26.3 Å². The summed E-state index contributed by atoms with van der Waals surface area (Å²) in [6, 6.07) is 5.39. The predicted molar refractivity (Wildman–Crippen MR) is 53.4 cm³/mol. The van der Waals surface area contributed by atoms with Crippen molar-refractivity contribution in [3.05, 3.63) is 23.3 Å². The molecule has 0 unspecified atom stereocenters. The van der Waals surface area contributed by atoms with Gasteiger partial charge in [0.2, 0.25) is 5.13 Å². The lowest BCUT2D eigenvalue weighted by molar-refractivity contribution is 0.662. The van der Waals surface area contributed by atoms with Gasteiger partial charge >= 0.3 is 0 Å². The van der Waals surface area contributed by atoms with Crippen LogP contribution in [0.25, 0.3) is 10.1 Å². The van der Waals surface area contributed by atoms with Crippen molar-refractivity contribution >= 4 is 39.7 Å². The van der Waals surface area contributed by atoms with Gasteiger partial charge in [0.05, 0.1) is 5.69 Å². The number of fused-ring (bicyclic) bond motifs is 1. The number of anilines is 1. The first-order chi connectivity index (χ1) is 5.68. The highest BCUT2D eigenvalue weighted by atomic mass is 32.1.